The van der Waals surface area contributed by atoms with Crippen molar-refractivity contribution < 1.29 is 14.7 Å². The van der Waals surface area contributed by atoms with Crippen LogP contribution in [0.1, 0.15) is 16.8 Å². The number of halogens is 2. The zero-order valence-corrected chi connectivity index (χ0v) is 12.2. The molecule has 19 heavy (non-hydrogen) atoms. The molecule has 102 valence electrons. The van der Waals surface area contributed by atoms with Gasteiger partial charge in [-0.25, -0.2) is 0 Å². The highest BCUT2D eigenvalue weighted by atomic mass is 79.9. The van der Waals surface area contributed by atoms with Crippen LogP contribution in [0.15, 0.2) is 22.7 Å². The molecule has 0 saturated carbocycles. The third-order valence-electron chi connectivity index (χ3n) is 3.12. The van der Waals surface area contributed by atoms with Crippen molar-refractivity contribution in [3.8, 4) is 0 Å². The topological polar surface area (TPSA) is 83.6 Å². The summed E-state index contributed by atoms with van der Waals surface area (Å²) < 4.78 is 0.694. The van der Waals surface area contributed by atoms with Crippen LogP contribution in [0, 0.1) is 0 Å². The molecule has 7 heteroatoms. The van der Waals surface area contributed by atoms with Gasteiger partial charge in [0.05, 0.1) is 0 Å². The summed E-state index contributed by atoms with van der Waals surface area (Å²) in [4.78, 5) is 24.7. The predicted molar refractivity (Wildman–Crippen MR) is 74.2 cm³/mol. The number of hydrogen-bond acceptors (Lipinski definition) is 3. The molecule has 0 spiro atoms. The molecule has 5 nitrogen and oxygen atoms in total. The number of carboxylic acids is 1. The Morgan fingerprint density at radius 3 is 2.63 bits per heavy atom. The number of nitrogens with zero attached hydrogens (tertiary/aromatic N) is 1. The fourth-order valence-electron chi connectivity index (χ4n) is 2.04. The zero-order valence-electron chi connectivity index (χ0n) is 9.90. The third kappa shape index (κ3) is 2.91. The smallest absolute Gasteiger partial charge is 0.325 e. The first-order valence-corrected chi connectivity index (χ1v) is 6.76. The van der Waals surface area contributed by atoms with Gasteiger partial charge in [0.15, 0.2) is 0 Å². The molecule has 2 rings (SSSR count). The summed E-state index contributed by atoms with van der Waals surface area (Å²) >= 11 is 9.15. The Kier molecular flexibility index (Phi) is 3.85. The summed E-state index contributed by atoms with van der Waals surface area (Å²) in [5, 5.41) is 9.48. The Balaban J connectivity index is 2.20. The summed E-state index contributed by atoms with van der Waals surface area (Å²) in [6.45, 7) is 0.330. The van der Waals surface area contributed by atoms with Gasteiger partial charge in [-0.15, -0.1) is 0 Å². The Bertz CT molecular complexity index is 532. The van der Waals surface area contributed by atoms with E-state index in [1.807, 2.05) is 0 Å². The highest BCUT2D eigenvalue weighted by Gasteiger charge is 2.43. The minimum Gasteiger partial charge on any atom is -0.480 e. The van der Waals surface area contributed by atoms with Crippen LogP contribution in [0.5, 0.6) is 0 Å². The molecule has 1 atom stereocenters. The van der Waals surface area contributed by atoms with Crippen LogP contribution in [-0.4, -0.2) is 40.5 Å². The Morgan fingerprint density at radius 1 is 1.42 bits per heavy atom. The van der Waals surface area contributed by atoms with E-state index in [1.165, 1.54) is 4.90 Å². The van der Waals surface area contributed by atoms with E-state index in [4.69, 9.17) is 22.4 Å². The van der Waals surface area contributed by atoms with Crippen molar-refractivity contribution in [2.45, 2.75) is 12.0 Å². The van der Waals surface area contributed by atoms with Gasteiger partial charge in [0, 0.05) is 28.1 Å². The summed E-state index contributed by atoms with van der Waals surface area (Å²) in [6, 6.07) is 4.87. The number of aliphatic carboxylic acids is 1. The lowest BCUT2D eigenvalue weighted by Gasteiger charge is -2.20. The average molecular weight is 348 g/mol. The summed E-state index contributed by atoms with van der Waals surface area (Å²) in [5.41, 5.74) is 4.79. The second-order valence-electron chi connectivity index (χ2n) is 4.60. The van der Waals surface area contributed by atoms with Crippen molar-refractivity contribution in [1.82, 2.24) is 4.90 Å². The molecule has 0 bridgehead atoms. The van der Waals surface area contributed by atoms with Crippen LogP contribution in [0.4, 0.5) is 0 Å². The Hall–Kier alpha value is -1.11. The molecule has 3 N–H and O–H groups in total. The van der Waals surface area contributed by atoms with Crippen molar-refractivity contribution in [3.63, 3.8) is 0 Å². The normalized spacial score (nSPS) is 22.6. The van der Waals surface area contributed by atoms with Crippen LogP contribution in [0.25, 0.3) is 0 Å². The minimum absolute atomic E-state index is 0.00526. The summed E-state index contributed by atoms with van der Waals surface area (Å²) in [5.74, 6) is -1.35. The van der Waals surface area contributed by atoms with E-state index in [-0.39, 0.29) is 18.9 Å². The van der Waals surface area contributed by atoms with E-state index in [2.05, 4.69) is 15.9 Å². The molecule has 0 aliphatic carbocycles. The molecule has 0 radical (unpaired) electrons. The van der Waals surface area contributed by atoms with Crippen molar-refractivity contribution in [2.24, 2.45) is 5.73 Å². The third-order valence-corrected chi connectivity index (χ3v) is 3.80. The number of carboxylic acid groups (broad SMARTS) is 1. The standard InChI is InChI=1S/C12H12BrClN2O3/c13-8-3-7(4-9(14)5-8)10(17)16-2-1-12(15,6-16)11(18)19/h3-5H,1-2,6,15H2,(H,18,19). The molecule has 1 fully saturated rings. The molecule has 1 aromatic rings. The fourth-order valence-corrected chi connectivity index (χ4v) is 2.90. The lowest BCUT2D eigenvalue weighted by atomic mass is 10.0. The molecule has 1 unspecified atom stereocenters. The number of rotatable bonds is 2. The van der Waals surface area contributed by atoms with Gasteiger partial charge in [-0.1, -0.05) is 27.5 Å². The van der Waals surface area contributed by atoms with E-state index in [9.17, 15) is 9.59 Å². The molecule has 1 aliphatic rings. The molecule has 1 heterocycles. The summed E-state index contributed by atoms with van der Waals surface area (Å²) in [6.07, 6.45) is 0.246. The van der Waals surface area contributed by atoms with Crippen LogP contribution in [-0.2, 0) is 4.79 Å². The van der Waals surface area contributed by atoms with Gasteiger partial charge in [0.1, 0.15) is 5.54 Å². The maximum atomic E-state index is 12.3. The van der Waals surface area contributed by atoms with Crippen LogP contribution >= 0.6 is 27.5 Å². The maximum Gasteiger partial charge on any atom is 0.325 e. The number of nitrogens with two attached hydrogens (primary N) is 1. The van der Waals surface area contributed by atoms with Gasteiger partial charge in [0.2, 0.25) is 0 Å². The lowest BCUT2D eigenvalue weighted by molar-refractivity contribution is -0.142. The molecular weight excluding hydrogens is 336 g/mol. The number of amides is 1. The van der Waals surface area contributed by atoms with Crippen LogP contribution in [0.2, 0.25) is 5.02 Å². The van der Waals surface area contributed by atoms with Crippen molar-refractivity contribution in [3.05, 3.63) is 33.3 Å². The molecule has 1 saturated heterocycles. The largest absolute Gasteiger partial charge is 0.480 e. The van der Waals surface area contributed by atoms with Crippen molar-refractivity contribution in [1.29, 1.82) is 0 Å². The Morgan fingerprint density at radius 2 is 2.11 bits per heavy atom. The van der Waals surface area contributed by atoms with Gasteiger partial charge in [-0.3, -0.25) is 9.59 Å². The minimum atomic E-state index is -1.36. The predicted octanol–water partition coefficient (Wildman–Crippen LogP) is 1.73. The first-order valence-electron chi connectivity index (χ1n) is 5.59. The fraction of sp³-hybridized carbons (Fsp3) is 0.333. The van der Waals surface area contributed by atoms with Crippen LogP contribution < -0.4 is 5.73 Å². The SMILES string of the molecule is NC1(C(=O)O)CCN(C(=O)c2cc(Cl)cc(Br)c2)C1. The molecule has 1 aliphatic heterocycles. The number of benzene rings is 1. The van der Waals surface area contributed by atoms with Gasteiger partial charge >= 0.3 is 5.97 Å². The number of hydrogen-bond donors (Lipinski definition) is 2. The second kappa shape index (κ2) is 5.11. The van der Waals surface area contributed by atoms with E-state index < -0.39 is 11.5 Å². The maximum absolute atomic E-state index is 12.3. The van der Waals surface area contributed by atoms with E-state index >= 15 is 0 Å². The van der Waals surface area contributed by atoms with E-state index in [1.54, 1.807) is 18.2 Å². The number of likely N-dealkylation sites (tertiary alicyclic amines) is 1. The number of carbonyl (C=O) groups is 2. The van der Waals surface area contributed by atoms with E-state index in [0.29, 0.717) is 21.6 Å². The summed E-state index contributed by atoms with van der Waals surface area (Å²) in [7, 11) is 0. The monoisotopic (exact) mass is 346 g/mol. The van der Waals surface area contributed by atoms with Crippen LogP contribution in [0.3, 0.4) is 0 Å². The first kappa shape index (κ1) is 14.3. The van der Waals surface area contributed by atoms with E-state index in [0.717, 1.165) is 0 Å². The number of carbonyl (C=O) groups excluding carboxylic acids is 1. The highest BCUT2D eigenvalue weighted by molar-refractivity contribution is 9.10. The van der Waals surface area contributed by atoms with Crippen molar-refractivity contribution >= 4 is 39.4 Å². The van der Waals surface area contributed by atoms with Crippen molar-refractivity contribution in [2.75, 3.05) is 13.1 Å². The molecular formula is C12H12BrClN2O3. The lowest BCUT2D eigenvalue weighted by Crippen LogP contribution is -2.50. The van der Waals surface area contributed by atoms with Gasteiger partial charge in [-0.05, 0) is 24.6 Å². The van der Waals surface area contributed by atoms with Gasteiger partial charge in [-0.2, -0.15) is 0 Å². The molecule has 1 amide bonds. The first-order chi connectivity index (χ1) is 8.82. The molecule has 0 aromatic heterocycles. The average Bonchev–Trinajstić information content (AvgIpc) is 2.71. The highest BCUT2D eigenvalue weighted by Crippen LogP contribution is 2.24. The van der Waals surface area contributed by atoms with Gasteiger partial charge < -0.3 is 15.7 Å². The van der Waals surface area contributed by atoms with Gasteiger partial charge in [0.25, 0.3) is 5.91 Å². The Labute approximate surface area is 123 Å². The quantitative estimate of drug-likeness (QED) is 0.853. The second-order valence-corrected chi connectivity index (χ2v) is 5.95. The zero-order chi connectivity index (χ0) is 14.2. The molecule has 1 aromatic carbocycles.